The van der Waals surface area contributed by atoms with Gasteiger partial charge in [0, 0.05) is 18.4 Å². The predicted octanol–water partition coefficient (Wildman–Crippen LogP) is 4.29. The van der Waals surface area contributed by atoms with E-state index in [0.717, 1.165) is 11.5 Å². The Labute approximate surface area is 148 Å². The van der Waals surface area contributed by atoms with E-state index >= 15 is 0 Å². The molecule has 0 amide bonds. The lowest BCUT2D eigenvalue weighted by atomic mass is 9.77. The summed E-state index contributed by atoms with van der Waals surface area (Å²) >= 11 is 0. The number of hydrogen-bond donors (Lipinski definition) is 1. The predicted molar refractivity (Wildman–Crippen MR) is 99.1 cm³/mol. The molecule has 3 nitrogen and oxygen atoms in total. The Bertz CT molecular complexity index is 794. The normalized spacial score (nSPS) is 13.8. The molecule has 0 bridgehead atoms. The van der Waals surface area contributed by atoms with Gasteiger partial charge in [-0.25, -0.2) is 0 Å². The maximum atomic E-state index is 6.25. The van der Waals surface area contributed by atoms with Crippen LogP contribution in [-0.4, -0.2) is 13.3 Å². The van der Waals surface area contributed by atoms with Crippen molar-refractivity contribution in [2.45, 2.75) is 11.8 Å². The molecule has 126 valence electrons. The Hall–Kier alpha value is -2.78. The topological polar surface area (TPSA) is 44.5 Å². The van der Waals surface area contributed by atoms with Crippen LogP contribution >= 0.6 is 0 Å². The van der Waals surface area contributed by atoms with E-state index in [9.17, 15) is 0 Å². The van der Waals surface area contributed by atoms with Gasteiger partial charge in [-0.05, 0) is 28.8 Å². The minimum absolute atomic E-state index is 0.152. The molecule has 3 aromatic carbocycles. The van der Waals surface area contributed by atoms with Gasteiger partial charge in [-0.1, -0.05) is 66.7 Å². The third kappa shape index (κ3) is 3.11. The van der Waals surface area contributed by atoms with E-state index in [1.54, 1.807) is 0 Å². The van der Waals surface area contributed by atoms with Crippen molar-refractivity contribution < 1.29 is 9.47 Å². The molecule has 0 saturated heterocycles. The Morgan fingerprint density at radius 2 is 1.32 bits per heavy atom. The van der Waals surface area contributed by atoms with Crippen LogP contribution < -0.4 is 15.2 Å². The Morgan fingerprint density at radius 1 is 0.720 bits per heavy atom. The smallest absolute Gasteiger partial charge is 0.231 e. The quantitative estimate of drug-likeness (QED) is 0.758. The number of rotatable bonds is 5. The van der Waals surface area contributed by atoms with Crippen molar-refractivity contribution >= 4 is 0 Å². The summed E-state index contributed by atoms with van der Waals surface area (Å²) in [7, 11) is 0. The fraction of sp³-hybridized carbons (Fsp3) is 0.182. The first kappa shape index (κ1) is 15.7. The number of fused-ring (bicyclic) bond motifs is 1. The molecule has 1 atom stereocenters. The van der Waals surface area contributed by atoms with Crippen LogP contribution in [0.15, 0.2) is 78.9 Å². The zero-order valence-corrected chi connectivity index (χ0v) is 14.0. The first-order valence-corrected chi connectivity index (χ1v) is 8.56. The molecule has 0 fully saturated rings. The SMILES string of the molecule is NCC(c1ccc2c(c1)OCO2)C(c1ccccc1)c1ccccc1. The van der Waals surface area contributed by atoms with E-state index in [0.29, 0.717) is 6.54 Å². The van der Waals surface area contributed by atoms with E-state index < -0.39 is 0 Å². The van der Waals surface area contributed by atoms with Gasteiger partial charge in [-0.3, -0.25) is 0 Å². The van der Waals surface area contributed by atoms with E-state index in [1.807, 2.05) is 18.2 Å². The highest BCUT2D eigenvalue weighted by Gasteiger charge is 2.27. The van der Waals surface area contributed by atoms with Crippen LogP contribution in [0.5, 0.6) is 11.5 Å². The standard InChI is InChI=1S/C22H21NO2/c23-14-19(18-11-12-20-21(13-18)25-15-24-20)22(16-7-3-1-4-8-16)17-9-5-2-6-10-17/h1-13,19,22H,14-15,23H2. The van der Waals surface area contributed by atoms with Crippen molar-refractivity contribution in [1.82, 2.24) is 0 Å². The summed E-state index contributed by atoms with van der Waals surface area (Å²) < 4.78 is 11.0. The van der Waals surface area contributed by atoms with Crippen LogP contribution in [0.1, 0.15) is 28.5 Å². The summed E-state index contributed by atoms with van der Waals surface area (Å²) in [5.41, 5.74) is 9.96. The maximum absolute atomic E-state index is 6.25. The summed E-state index contributed by atoms with van der Waals surface area (Å²) in [5.74, 6) is 1.94. The van der Waals surface area contributed by atoms with Gasteiger partial charge in [0.15, 0.2) is 11.5 Å². The molecule has 1 heterocycles. The van der Waals surface area contributed by atoms with Gasteiger partial charge in [0.25, 0.3) is 0 Å². The minimum atomic E-state index is 0.152. The maximum Gasteiger partial charge on any atom is 0.231 e. The van der Waals surface area contributed by atoms with Gasteiger partial charge < -0.3 is 15.2 Å². The van der Waals surface area contributed by atoms with Gasteiger partial charge >= 0.3 is 0 Å². The molecule has 1 unspecified atom stereocenters. The second-order valence-electron chi connectivity index (χ2n) is 6.25. The molecule has 0 aromatic heterocycles. The zero-order valence-electron chi connectivity index (χ0n) is 14.0. The largest absolute Gasteiger partial charge is 0.454 e. The van der Waals surface area contributed by atoms with E-state index in [1.165, 1.54) is 16.7 Å². The van der Waals surface area contributed by atoms with Crippen molar-refractivity contribution in [3.05, 3.63) is 95.6 Å². The van der Waals surface area contributed by atoms with Crippen molar-refractivity contribution in [3.63, 3.8) is 0 Å². The monoisotopic (exact) mass is 331 g/mol. The molecular formula is C22H21NO2. The van der Waals surface area contributed by atoms with Gasteiger partial charge in [-0.15, -0.1) is 0 Å². The molecule has 0 spiro atoms. The average Bonchev–Trinajstić information content (AvgIpc) is 3.15. The third-order valence-corrected chi connectivity index (χ3v) is 4.80. The lowest BCUT2D eigenvalue weighted by molar-refractivity contribution is 0.174. The highest BCUT2D eigenvalue weighted by atomic mass is 16.7. The summed E-state index contributed by atoms with van der Waals surface area (Å²) in [5, 5.41) is 0. The number of benzene rings is 3. The summed E-state index contributed by atoms with van der Waals surface area (Å²) in [4.78, 5) is 0. The molecule has 2 N–H and O–H groups in total. The zero-order chi connectivity index (χ0) is 17.1. The molecule has 1 aliphatic rings. The number of nitrogens with two attached hydrogens (primary N) is 1. The highest BCUT2D eigenvalue weighted by Crippen LogP contribution is 2.41. The Morgan fingerprint density at radius 3 is 1.92 bits per heavy atom. The van der Waals surface area contributed by atoms with Crippen LogP contribution in [0.2, 0.25) is 0 Å². The fourth-order valence-corrected chi connectivity index (χ4v) is 3.59. The van der Waals surface area contributed by atoms with Gasteiger partial charge in [0.05, 0.1) is 0 Å². The summed E-state index contributed by atoms with van der Waals surface area (Å²) in [6, 6.07) is 27.3. The summed E-state index contributed by atoms with van der Waals surface area (Å²) in [6.45, 7) is 0.834. The average molecular weight is 331 g/mol. The minimum Gasteiger partial charge on any atom is -0.454 e. The Kier molecular flexibility index (Phi) is 4.40. The molecule has 4 rings (SSSR count). The molecule has 0 saturated carbocycles. The van der Waals surface area contributed by atoms with E-state index in [2.05, 4.69) is 60.7 Å². The second-order valence-corrected chi connectivity index (χ2v) is 6.25. The van der Waals surface area contributed by atoms with Crippen molar-refractivity contribution in [3.8, 4) is 11.5 Å². The Balaban J connectivity index is 1.79. The number of ether oxygens (including phenoxy) is 2. The molecule has 3 aromatic rings. The van der Waals surface area contributed by atoms with Crippen LogP contribution in [0.4, 0.5) is 0 Å². The van der Waals surface area contributed by atoms with Crippen molar-refractivity contribution in [1.29, 1.82) is 0 Å². The molecule has 0 radical (unpaired) electrons. The highest BCUT2D eigenvalue weighted by molar-refractivity contribution is 5.47. The van der Waals surface area contributed by atoms with E-state index in [-0.39, 0.29) is 18.6 Å². The molecular weight excluding hydrogens is 310 g/mol. The van der Waals surface area contributed by atoms with Gasteiger partial charge in [-0.2, -0.15) is 0 Å². The van der Waals surface area contributed by atoms with Crippen molar-refractivity contribution in [2.24, 2.45) is 5.73 Å². The molecule has 0 aliphatic carbocycles. The van der Waals surface area contributed by atoms with Gasteiger partial charge in [0.2, 0.25) is 6.79 Å². The van der Waals surface area contributed by atoms with Crippen LogP contribution in [0.3, 0.4) is 0 Å². The molecule has 1 aliphatic heterocycles. The van der Waals surface area contributed by atoms with Gasteiger partial charge in [0.1, 0.15) is 0 Å². The molecule has 3 heteroatoms. The summed E-state index contributed by atoms with van der Waals surface area (Å²) in [6.07, 6.45) is 0. The van der Waals surface area contributed by atoms with Crippen LogP contribution in [-0.2, 0) is 0 Å². The fourth-order valence-electron chi connectivity index (χ4n) is 3.59. The lowest BCUT2D eigenvalue weighted by Gasteiger charge is -2.28. The van der Waals surface area contributed by atoms with Crippen molar-refractivity contribution in [2.75, 3.05) is 13.3 Å². The first-order chi connectivity index (χ1) is 12.4. The molecule has 25 heavy (non-hydrogen) atoms. The number of hydrogen-bond acceptors (Lipinski definition) is 3. The van der Waals surface area contributed by atoms with Crippen LogP contribution in [0, 0.1) is 0 Å². The third-order valence-electron chi connectivity index (χ3n) is 4.80. The van der Waals surface area contributed by atoms with E-state index in [4.69, 9.17) is 15.2 Å². The first-order valence-electron chi connectivity index (χ1n) is 8.56. The van der Waals surface area contributed by atoms with Crippen LogP contribution in [0.25, 0.3) is 0 Å². The second kappa shape index (κ2) is 6.99. The lowest BCUT2D eigenvalue weighted by Crippen LogP contribution is -2.21.